The van der Waals surface area contributed by atoms with Crippen LogP contribution < -0.4 is 9.88 Å². The van der Waals surface area contributed by atoms with Crippen LogP contribution in [0.1, 0.15) is 33.6 Å². The van der Waals surface area contributed by atoms with Crippen LogP contribution in [0.5, 0.6) is 5.75 Å². The molecule has 1 fully saturated rings. The molecule has 1 heterocycles. The molecule has 2 rings (SSSR count). The largest absolute Gasteiger partial charge is 0.483 e. The fraction of sp³-hybridized carbons (Fsp3) is 0.588. The highest BCUT2D eigenvalue weighted by molar-refractivity contribution is 7.89. The van der Waals surface area contributed by atoms with Crippen LogP contribution in [-0.4, -0.2) is 55.3 Å². The van der Waals surface area contributed by atoms with E-state index in [0.717, 1.165) is 18.2 Å². The molecule has 0 aliphatic carbocycles. The molecule has 1 aliphatic rings. The van der Waals surface area contributed by atoms with Crippen molar-refractivity contribution in [2.45, 2.75) is 49.8 Å². The molecular formula is C17H24FN3O7S. The summed E-state index contributed by atoms with van der Waals surface area (Å²) in [7, 11) is -4.13. The zero-order chi connectivity index (χ0) is 22.0. The molecule has 0 unspecified atom stereocenters. The summed E-state index contributed by atoms with van der Waals surface area (Å²) < 4.78 is 48.3. The number of amides is 1. The summed E-state index contributed by atoms with van der Waals surface area (Å²) in [6.07, 6.45) is -0.598. The maximum absolute atomic E-state index is 15.0. The molecule has 0 atom stereocenters. The summed E-state index contributed by atoms with van der Waals surface area (Å²) in [5, 5.41) is 16.2. The number of benzene rings is 1. The monoisotopic (exact) mass is 433 g/mol. The van der Waals surface area contributed by atoms with E-state index in [9.17, 15) is 23.3 Å². The molecule has 1 amide bonds. The minimum absolute atomic E-state index is 0.0324. The van der Waals surface area contributed by atoms with E-state index in [-0.39, 0.29) is 31.7 Å². The third-order valence-corrected chi connectivity index (χ3v) is 5.16. The van der Waals surface area contributed by atoms with Crippen LogP contribution in [0.3, 0.4) is 0 Å². The van der Waals surface area contributed by atoms with Gasteiger partial charge in [-0.2, -0.15) is 0 Å². The second-order valence-electron chi connectivity index (χ2n) is 7.84. The van der Waals surface area contributed by atoms with Crippen LogP contribution in [0.2, 0.25) is 0 Å². The Bertz CT molecular complexity index is 891. The van der Waals surface area contributed by atoms with Crippen molar-refractivity contribution >= 4 is 21.8 Å². The van der Waals surface area contributed by atoms with Gasteiger partial charge in [0.05, 0.1) is 9.82 Å². The maximum Gasteiger partial charge on any atom is 0.410 e. The van der Waals surface area contributed by atoms with E-state index in [1.54, 1.807) is 20.8 Å². The second kappa shape index (κ2) is 8.11. The number of rotatable bonds is 5. The average Bonchev–Trinajstić information content (AvgIpc) is 2.58. The van der Waals surface area contributed by atoms with Crippen LogP contribution in [0.25, 0.3) is 0 Å². The summed E-state index contributed by atoms with van der Waals surface area (Å²) in [6.45, 7) is 4.94. The number of carbonyl (C=O) groups is 1. The number of halogens is 1. The van der Waals surface area contributed by atoms with Gasteiger partial charge < -0.3 is 14.4 Å². The highest BCUT2D eigenvalue weighted by Crippen LogP contribution is 2.33. The summed E-state index contributed by atoms with van der Waals surface area (Å²) in [4.78, 5) is 23.4. The van der Waals surface area contributed by atoms with Gasteiger partial charge in [-0.3, -0.25) is 10.1 Å². The van der Waals surface area contributed by atoms with E-state index in [4.69, 9.17) is 14.6 Å². The number of nitro benzene ring substituents is 1. The number of carbonyl (C=O) groups excluding carboxylic acids is 1. The zero-order valence-electron chi connectivity index (χ0n) is 16.4. The molecule has 162 valence electrons. The van der Waals surface area contributed by atoms with E-state index in [0.29, 0.717) is 0 Å². The molecule has 0 aromatic heterocycles. The lowest BCUT2D eigenvalue weighted by atomic mass is 9.94. The van der Waals surface area contributed by atoms with Gasteiger partial charge in [0.15, 0.2) is 5.75 Å². The first-order valence-corrected chi connectivity index (χ1v) is 10.4. The second-order valence-corrected chi connectivity index (χ2v) is 9.40. The summed E-state index contributed by atoms with van der Waals surface area (Å²) in [6, 6.07) is 2.88. The smallest absolute Gasteiger partial charge is 0.410 e. The van der Waals surface area contributed by atoms with E-state index < -0.39 is 49.5 Å². The number of alkyl halides is 1. The lowest BCUT2D eigenvalue weighted by Crippen LogP contribution is -2.48. The molecule has 12 heteroatoms. The van der Waals surface area contributed by atoms with Crippen molar-refractivity contribution in [3.05, 3.63) is 28.3 Å². The Hall–Kier alpha value is -2.47. The van der Waals surface area contributed by atoms with Crippen molar-refractivity contribution in [3.8, 4) is 5.75 Å². The average molecular weight is 433 g/mol. The van der Waals surface area contributed by atoms with Gasteiger partial charge in [0.2, 0.25) is 10.0 Å². The fourth-order valence-electron chi connectivity index (χ4n) is 2.71. The molecule has 2 N–H and O–H groups in total. The Morgan fingerprint density at radius 2 is 1.93 bits per heavy atom. The third kappa shape index (κ3) is 6.26. The normalized spacial score (nSPS) is 16.9. The molecule has 0 saturated carbocycles. The van der Waals surface area contributed by atoms with Crippen molar-refractivity contribution in [2.75, 3.05) is 19.7 Å². The predicted octanol–water partition coefficient (Wildman–Crippen LogP) is 2.36. The molecule has 0 radical (unpaired) electrons. The minimum Gasteiger partial charge on any atom is -0.483 e. The number of nitrogens with two attached hydrogens (primary N) is 1. The molecule has 0 bridgehead atoms. The number of likely N-dealkylation sites (tertiary alicyclic amines) is 1. The number of nitrogens with zero attached hydrogens (tertiary/aromatic N) is 2. The Balaban J connectivity index is 2.03. The van der Waals surface area contributed by atoms with Crippen molar-refractivity contribution in [2.24, 2.45) is 5.14 Å². The van der Waals surface area contributed by atoms with Crippen molar-refractivity contribution in [3.63, 3.8) is 0 Å². The quantitative estimate of drug-likeness (QED) is 0.555. The van der Waals surface area contributed by atoms with Crippen molar-refractivity contribution in [1.29, 1.82) is 0 Å². The highest BCUT2D eigenvalue weighted by atomic mass is 32.2. The van der Waals surface area contributed by atoms with Gasteiger partial charge in [0.1, 0.15) is 17.9 Å². The van der Waals surface area contributed by atoms with Gasteiger partial charge >= 0.3 is 11.8 Å². The Labute approximate surface area is 168 Å². The van der Waals surface area contributed by atoms with Gasteiger partial charge in [0.25, 0.3) is 0 Å². The summed E-state index contributed by atoms with van der Waals surface area (Å²) in [5.41, 5.74) is -3.09. The van der Waals surface area contributed by atoms with Crippen LogP contribution in [0.15, 0.2) is 23.1 Å². The Morgan fingerprint density at radius 3 is 2.41 bits per heavy atom. The molecule has 10 nitrogen and oxygen atoms in total. The van der Waals surface area contributed by atoms with Crippen LogP contribution >= 0.6 is 0 Å². The maximum atomic E-state index is 15.0. The molecule has 1 aromatic carbocycles. The van der Waals surface area contributed by atoms with Gasteiger partial charge in [-0.1, -0.05) is 0 Å². The van der Waals surface area contributed by atoms with Crippen LogP contribution in [0, 0.1) is 10.1 Å². The number of hydrogen-bond donors (Lipinski definition) is 1. The topological polar surface area (TPSA) is 142 Å². The van der Waals surface area contributed by atoms with Gasteiger partial charge in [-0.15, -0.1) is 0 Å². The number of primary sulfonamides is 1. The number of sulfonamides is 1. The molecule has 1 aliphatic heterocycles. The van der Waals surface area contributed by atoms with Gasteiger partial charge in [-0.25, -0.2) is 22.7 Å². The first-order chi connectivity index (χ1) is 13.2. The van der Waals surface area contributed by atoms with Crippen LogP contribution in [-0.2, 0) is 14.8 Å². The molecule has 1 aromatic rings. The highest BCUT2D eigenvalue weighted by Gasteiger charge is 2.38. The standard InChI is InChI=1S/C17H24FN3O7S/c1-16(2,3)28-15(22)20-8-6-17(18,7-9-20)11-27-14-5-4-12(29(19,25)26)10-13(14)21(23)24/h4-5,10H,6-9,11H2,1-3H3,(H2,19,25,26). The number of ether oxygens (including phenoxy) is 2. The SMILES string of the molecule is CC(C)(C)OC(=O)N1CCC(F)(COc2ccc(S(N)(=O)=O)cc2[N+](=O)[O-])CC1. The van der Waals surface area contributed by atoms with E-state index in [1.807, 2.05) is 0 Å². The van der Waals surface area contributed by atoms with E-state index in [1.165, 1.54) is 4.90 Å². The predicted molar refractivity (Wildman–Crippen MR) is 101 cm³/mol. The molecule has 29 heavy (non-hydrogen) atoms. The molecule has 1 saturated heterocycles. The lowest BCUT2D eigenvalue weighted by molar-refractivity contribution is -0.386. The van der Waals surface area contributed by atoms with Crippen LogP contribution in [0.4, 0.5) is 14.9 Å². The van der Waals surface area contributed by atoms with Gasteiger partial charge in [0, 0.05) is 32.0 Å². The fourth-order valence-corrected chi connectivity index (χ4v) is 3.24. The van der Waals surface area contributed by atoms with Crippen molar-refractivity contribution < 1.29 is 32.0 Å². The van der Waals surface area contributed by atoms with E-state index in [2.05, 4.69) is 0 Å². The van der Waals surface area contributed by atoms with Gasteiger partial charge in [-0.05, 0) is 32.9 Å². The first-order valence-electron chi connectivity index (χ1n) is 8.81. The lowest BCUT2D eigenvalue weighted by Gasteiger charge is -2.36. The molecular weight excluding hydrogens is 409 g/mol. The van der Waals surface area contributed by atoms with E-state index >= 15 is 4.39 Å². The Kier molecular flexibility index (Phi) is 6.38. The first kappa shape index (κ1) is 22.8. The van der Waals surface area contributed by atoms with Crippen molar-refractivity contribution in [1.82, 2.24) is 4.90 Å². The number of hydrogen-bond acceptors (Lipinski definition) is 7. The minimum atomic E-state index is -4.13. The molecule has 0 spiro atoms. The number of nitro groups is 1. The third-order valence-electron chi connectivity index (χ3n) is 4.25. The zero-order valence-corrected chi connectivity index (χ0v) is 17.2. The summed E-state index contributed by atoms with van der Waals surface area (Å²) in [5.74, 6) is -0.269. The summed E-state index contributed by atoms with van der Waals surface area (Å²) >= 11 is 0. The number of piperidine rings is 1. The Morgan fingerprint density at radius 1 is 1.34 bits per heavy atom.